The van der Waals surface area contributed by atoms with E-state index in [4.69, 9.17) is 0 Å². The number of nitrogens with zero attached hydrogens (tertiary/aromatic N) is 3. The highest BCUT2D eigenvalue weighted by Crippen LogP contribution is 2.09. The van der Waals surface area contributed by atoms with Gasteiger partial charge in [-0.1, -0.05) is 17.7 Å². The Morgan fingerprint density at radius 2 is 2.06 bits per heavy atom. The van der Waals surface area contributed by atoms with Crippen LogP contribution in [0.2, 0.25) is 0 Å². The lowest BCUT2D eigenvalue weighted by molar-refractivity contribution is 0.584. The van der Waals surface area contributed by atoms with Gasteiger partial charge in [0.05, 0.1) is 29.0 Å². The second kappa shape index (κ2) is 5.23. The maximum absolute atomic E-state index is 11.8. The third-order valence-electron chi connectivity index (χ3n) is 2.08. The zero-order valence-electron chi connectivity index (χ0n) is 9.44. The van der Waals surface area contributed by atoms with Crippen LogP contribution in [0.1, 0.15) is 11.3 Å². The second-order valence-corrected chi connectivity index (χ2v) is 5.72. The highest BCUT2D eigenvalue weighted by molar-refractivity contribution is 7.89. The van der Waals surface area contributed by atoms with Gasteiger partial charge in [-0.25, -0.2) is 4.83 Å². The SMILES string of the molecule is Cc1ccc(S(=O)(=O)N/N=C/c2cnsn2)cc1. The van der Waals surface area contributed by atoms with Crippen molar-refractivity contribution >= 4 is 28.0 Å². The molecule has 0 aliphatic rings. The Hall–Kier alpha value is -1.80. The van der Waals surface area contributed by atoms with Crippen LogP contribution in [-0.4, -0.2) is 23.4 Å². The van der Waals surface area contributed by atoms with E-state index in [0.717, 1.165) is 17.3 Å². The van der Waals surface area contributed by atoms with Gasteiger partial charge in [0.25, 0.3) is 10.0 Å². The maximum Gasteiger partial charge on any atom is 0.276 e. The van der Waals surface area contributed by atoms with Crippen molar-refractivity contribution in [3.63, 3.8) is 0 Å². The lowest BCUT2D eigenvalue weighted by Gasteiger charge is -2.02. The topological polar surface area (TPSA) is 84.3 Å². The number of hydrogen-bond acceptors (Lipinski definition) is 6. The number of benzene rings is 1. The molecule has 0 aliphatic heterocycles. The first-order valence-corrected chi connectivity index (χ1v) is 7.18. The minimum atomic E-state index is -3.62. The first-order valence-electron chi connectivity index (χ1n) is 4.97. The maximum atomic E-state index is 11.8. The molecular weight excluding hydrogens is 272 g/mol. The Labute approximate surface area is 109 Å². The summed E-state index contributed by atoms with van der Waals surface area (Å²) in [6.07, 6.45) is 2.80. The fourth-order valence-electron chi connectivity index (χ4n) is 1.16. The van der Waals surface area contributed by atoms with E-state index in [1.807, 2.05) is 6.92 Å². The van der Waals surface area contributed by atoms with Gasteiger partial charge in [0.15, 0.2) is 0 Å². The minimum Gasteiger partial charge on any atom is -0.200 e. The van der Waals surface area contributed by atoms with Crippen LogP contribution in [0.15, 0.2) is 40.5 Å². The predicted octanol–water partition coefficient (Wildman–Crippen LogP) is 1.16. The summed E-state index contributed by atoms with van der Waals surface area (Å²) >= 11 is 1.03. The van der Waals surface area contributed by atoms with Gasteiger partial charge in [-0.05, 0) is 19.1 Å². The van der Waals surface area contributed by atoms with Crippen molar-refractivity contribution in [3.8, 4) is 0 Å². The number of nitrogens with one attached hydrogen (secondary N) is 1. The molecule has 2 rings (SSSR count). The van der Waals surface area contributed by atoms with Gasteiger partial charge < -0.3 is 0 Å². The molecule has 1 aromatic carbocycles. The molecule has 1 N–H and O–H groups in total. The highest BCUT2D eigenvalue weighted by Gasteiger charge is 2.11. The van der Waals surface area contributed by atoms with Crippen molar-refractivity contribution in [2.75, 3.05) is 0 Å². The summed E-state index contributed by atoms with van der Waals surface area (Å²) in [7, 11) is -3.62. The van der Waals surface area contributed by atoms with Crippen molar-refractivity contribution in [1.29, 1.82) is 0 Å². The summed E-state index contributed by atoms with van der Waals surface area (Å²) in [4.78, 5) is 2.28. The van der Waals surface area contributed by atoms with Gasteiger partial charge in [-0.15, -0.1) is 0 Å². The molecule has 2 aromatic rings. The van der Waals surface area contributed by atoms with Crippen LogP contribution in [0.5, 0.6) is 0 Å². The standard InChI is InChI=1S/C10H10N4O2S2/c1-8-2-4-10(5-3-8)18(15,16)14-11-6-9-7-12-17-13-9/h2-7,14H,1H3/b11-6+. The summed E-state index contributed by atoms with van der Waals surface area (Å²) in [5.41, 5.74) is 1.50. The first-order chi connectivity index (χ1) is 8.58. The van der Waals surface area contributed by atoms with Crippen molar-refractivity contribution in [2.24, 2.45) is 5.10 Å². The Morgan fingerprint density at radius 1 is 1.33 bits per heavy atom. The molecular formula is C10H10N4O2S2. The van der Waals surface area contributed by atoms with Crippen molar-refractivity contribution in [2.45, 2.75) is 11.8 Å². The van der Waals surface area contributed by atoms with E-state index in [1.54, 1.807) is 12.1 Å². The first kappa shape index (κ1) is 12.7. The highest BCUT2D eigenvalue weighted by atomic mass is 32.2. The molecule has 0 bridgehead atoms. The molecule has 0 saturated carbocycles. The smallest absolute Gasteiger partial charge is 0.200 e. The third kappa shape index (κ3) is 3.11. The van der Waals surface area contributed by atoms with Crippen LogP contribution in [0, 0.1) is 6.92 Å². The third-order valence-corrected chi connectivity index (χ3v) is 3.81. The van der Waals surface area contributed by atoms with E-state index in [2.05, 4.69) is 18.7 Å². The van der Waals surface area contributed by atoms with Crippen molar-refractivity contribution in [3.05, 3.63) is 41.7 Å². The number of hydrogen-bond donors (Lipinski definition) is 1. The lowest BCUT2D eigenvalue weighted by Crippen LogP contribution is -2.18. The molecule has 8 heteroatoms. The van der Waals surface area contributed by atoms with E-state index in [-0.39, 0.29) is 4.90 Å². The second-order valence-electron chi connectivity index (χ2n) is 3.50. The van der Waals surface area contributed by atoms with Crippen LogP contribution in [0.25, 0.3) is 0 Å². The molecule has 0 radical (unpaired) electrons. The van der Waals surface area contributed by atoms with Gasteiger partial charge in [0.1, 0.15) is 5.69 Å². The molecule has 94 valence electrons. The quantitative estimate of drug-likeness (QED) is 0.673. The normalized spacial score (nSPS) is 11.8. The summed E-state index contributed by atoms with van der Waals surface area (Å²) in [5, 5.41) is 3.63. The predicted molar refractivity (Wildman–Crippen MR) is 69.0 cm³/mol. The Kier molecular flexibility index (Phi) is 3.68. The Bertz CT molecular complexity index is 633. The van der Waals surface area contributed by atoms with E-state index in [0.29, 0.717) is 5.69 Å². The van der Waals surface area contributed by atoms with Crippen LogP contribution < -0.4 is 4.83 Å². The Morgan fingerprint density at radius 3 is 2.67 bits per heavy atom. The fraction of sp³-hybridized carbons (Fsp3) is 0.100. The van der Waals surface area contributed by atoms with Gasteiger partial charge in [-0.2, -0.15) is 22.3 Å². The molecule has 0 fully saturated rings. The van der Waals surface area contributed by atoms with E-state index in [9.17, 15) is 8.42 Å². The van der Waals surface area contributed by atoms with Crippen LogP contribution in [0.4, 0.5) is 0 Å². The zero-order valence-corrected chi connectivity index (χ0v) is 11.1. The molecule has 0 unspecified atom stereocenters. The van der Waals surface area contributed by atoms with Crippen LogP contribution in [0.3, 0.4) is 0 Å². The molecule has 0 saturated heterocycles. The zero-order chi connectivity index (χ0) is 13.0. The number of hydrazone groups is 1. The minimum absolute atomic E-state index is 0.168. The summed E-state index contributed by atoms with van der Waals surface area (Å²) in [5.74, 6) is 0. The number of rotatable bonds is 4. The fourth-order valence-corrected chi connectivity index (χ4v) is 2.34. The van der Waals surface area contributed by atoms with Crippen molar-refractivity contribution in [1.82, 2.24) is 13.6 Å². The van der Waals surface area contributed by atoms with E-state index >= 15 is 0 Å². The number of aryl methyl sites for hydroxylation is 1. The largest absolute Gasteiger partial charge is 0.276 e. The molecule has 0 amide bonds. The molecule has 0 aliphatic carbocycles. The van der Waals surface area contributed by atoms with Gasteiger partial charge >= 0.3 is 0 Å². The van der Waals surface area contributed by atoms with Gasteiger partial charge in [-0.3, -0.25) is 0 Å². The lowest BCUT2D eigenvalue weighted by atomic mass is 10.2. The molecule has 0 atom stereocenters. The molecule has 1 heterocycles. The number of sulfonamides is 1. The van der Waals surface area contributed by atoms with E-state index in [1.165, 1.54) is 24.5 Å². The van der Waals surface area contributed by atoms with Gasteiger partial charge in [0.2, 0.25) is 0 Å². The average Bonchev–Trinajstić information content (AvgIpc) is 2.82. The average molecular weight is 282 g/mol. The van der Waals surface area contributed by atoms with Crippen molar-refractivity contribution < 1.29 is 8.42 Å². The molecule has 6 nitrogen and oxygen atoms in total. The molecule has 1 aromatic heterocycles. The molecule has 0 spiro atoms. The molecule has 18 heavy (non-hydrogen) atoms. The number of aromatic nitrogens is 2. The van der Waals surface area contributed by atoms with E-state index < -0.39 is 10.0 Å². The monoisotopic (exact) mass is 282 g/mol. The van der Waals surface area contributed by atoms with Crippen LogP contribution >= 0.6 is 11.7 Å². The summed E-state index contributed by atoms with van der Waals surface area (Å²) in [6, 6.07) is 6.50. The summed E-state index contributed by atoms with van der Waals surface area (Å²) < 4.78 is 31.3. The Balaban J connectivity index is 2.10. The van der Waals surface area contributed by atoms with Gasteiger partial charge in [0, 0.05) is 0 Å². The summed E-state index contributed by atoms with van der Waals surface area (Å²) in [6.45, 7) is 1.89. The van der Waals surface area contributed by atoms with Crippen LogP contribution in [-0.2, 0) is 10.0 Å².